The topological polar surface area (TPSA) is 51.2 Å². The van der Waals surface area contributed by atoms with Gasteiger partial charge in [0.25, 0.3) is 5.78 Å². The molecule has 0 radical (unpaired) electrons. The van der Waals surface area contributed by atoms with E-state index in [0.29, 0.717) is 12.8 Å². The van der Waals surface area contributed by atoms with Gasteiger partial charge in [-0.15, -0.1) is 0 Å². The number of rotatable bonds is 8. The van der Waals surface area contributed by atoms with E-state index in [-0.39, 0.29) is 50.6 Å². The number of carbonyl (C=O) groups is 3. The van der Waals surface area contributed by atoms with Crippen molar-refractivity contribution in [2.45, 2.75) is 52.4 Å². The summed E-state index contributed by atoms with van der Waals surface area (Å²) in [7, 11) is 0. The summed E-state index contributed by atoms with van der Waals surface area (Å²) in [6.07, 6.45) is 3.53. The van der Waals surface area contributed by atoms with Gasteiger partial charge >= 0.3 is 37.7 Å². The van der Waals surface area contributed by atoms with Crippen LogP contribution in [0.5, 0.6) is 0 Å². The SMILES string of the molecule is CCCCC(=O)C(=O)C(=O)CCCC.[CaH2]. The van der Waals surface area contributed by atoms with Crippen LogP contribution in [0.2, 0.25) is 0 Å². The second kappa shape index (κ2) is 10.8. The summed E-state index contributed by atoms with van der Waals surface area (Å²) in [5.41, 5.74) is 0. The van der Waals surface area contributed by atoms with Gasteiger partial charge in [0.1, 0.15) is 0 Å². The zero-order valence-corrected chi connectivity index (χ0v) is 8.97. The molecule has 4 heteroatoms. The van der Waals surface area contributed by atoms with E-state index >= 15 is 0 Å². The summed E-state index contributed by atoms with van der Waals surface area (Å²) in [6, 6.07) is 0. The van der Waals surface area contributed by atoms with Gasteiger partial charge in [-0.25, -0.2) is 0 Å². The molecule has 3 nitrogen and oxygen atoms in total. The molecule has 15 heavy (non-hydrogen) atoms. The van der Waals surface area contributed by atoms with E-state index in [0.717, 1.165) is 12.8 Å². The summed E-state index contributed by atoms with van der Waals surface area (Å²) < 4.78 is 0. The van der Waals surface area contributed by atoms with E-state index in [1.807, 2.05) is 13.8 Å². The van der Waals surface area contributed by atoms with Crippen LogP contribution < -0.4 is 0 Å². The predicted molar refractivity (Wildman–Crippen MR) is 62.6 cm³/mol. The van der Waals surface area contributed by atoms with Crippen molar-refractivity contribution in [3.05, 3.63) is 0 Å². The number of carbonyl (C=O) groups excluding carboxylic acids is 3. The fourth-order valence-corrected chi connectivity index (χ4v) is 1.06. The molecular formula is C11H20CaO3. The van der Waals surface area contributed by atoms with E-state index in [1.165, 1.54) is 0 Å². The molecule has 0 fully saturated rings. The fourth-order valence-electron chi connectivity index (χ4n) is 1.06. The number of unbranched alkanes of at least 4 members (excludes halogenated alkanes) is 2. The Morgan fingerprint density at radius 1 is 0.800 bits per heavy atom. The van der Waals surface area contributed by atoms with E-state index in [4.69, 9.17) is 0 Å². The molecule has 0 aliphatic heterocycles. The first kappa shape index (κ1) is 17.7. The molecule has 0 aliphatic rings. The summed E-state index contributed by atoms with van der Waals surface area (Å²) in [6.45, 7) is 3.88. The summed E-state index contributed by atoms with van der Waals surface area (Å²) >= 11 is 0. The van der Waals surface area contributed by atoms with Gasteiger partial charge in [0.2, 0.25) is 11.6 Å². The average Bonchev–Trinajstić information content (AvgIpc) is 2.21. The predicted octanol–water partition coefficient (Wildman–Crippen LogP) is 1.16. The maximum absolute atomic E-state index is 11.2. The van der Waals surface area contributed by atoms with E-state index in [1.54, 1.807) is 0 Å². The van der Waals surface area contributed by atoms with Gasteiger partial charge in [0.15, 0.2) is 0 Å². The first-order valence-electron chi connectivity index (χ1n) is 5.23. The summed E-state index contributed by atoms with van der Waals surface area (Å²) in [5, 5.41) is 0. The normalized spacial score (nSPS) is 9.20. The third-order valence-electron chi connectivity index (χ3n) is 2.02. The monoisotopic (exact) mass is 240 g/mol. The first-order valence-corrected chi connectivity index (χ1v) is 5.23. The molecule has 0 rings (SSSR count). The van der Waals surface area contributed by atoms with Crippen molar-refractivity contribution in [2.75, 3.05) is 0 Å². The van der Waals surface area contributed by atoms with Crippen LogP contribution in [0.4, 0.5) is 0 Å². The van der Waals surface area contributed by atoms with Crippen LogP contribution >= 0.6 is 0 Å². The van der Waals surface area contributed by atoms with Crippen LogP contribution in [0.1, 0.15) is 52.4 Å². The molecule has 0 bridgehead atoms. The fraction of sp³-hybridized carbons (Fsp3) is 0.727. The van der Waals surface area contributed by atoms with E-state index in [9.17, 15) is 14.4 Å². The molecule has 0 saturated carbocycles. The summed E-state index contributed by atoms with van der Waals surface area (Å²) in [4.78, 5) is 33.4. The third-order valence-corrected chi connectivity index (χ3v) is 2.02. The van der Waals surface area contributed by atoms with Crippen LogP contribution in [0.25, 0.3) is 0 Å². The van der Waals surface area contributed by atoms with Gasteiger partial charge in [-0.2, -0.15) is 0 Å². The second-order valence-electron chi connectivity index (χ2n) is 3.38. The quantitative estimate of drug-likeness (QED) is 0.363. The molecule has 84 valence electrons. The Morgan fingerprint density at radius 3 is 1.40 bits per heavy atom. The van der Waals surface area contributed by atoms with Gasteiger partial charge in [0.05, 0.1) is 0 Å². The van der Waals surface area contributed by atoms with Crippen molar-refractivity contribution in [3.8, 4) is 0 Å². The molecule has 0 saturated heterocycles. The van der Waals surface area contributed by atoms with E-state index in [2.05, 4.69) is 0 Å². The molecule has 0 aromatic carbocycles. The molecule has 0 N–H and O–H groups in total. The molecule has 0 aromatic rings. The number of hydrogen-bond donors (Lipinski definition) is 0. The molecule has 0 spiro atoms. The molecular weight excluding hydrogens is 220 g/mol. The molecule has 0 atom stereocenters. The second-order valence-corrected chi connectivity index (χ2v) is 3.38. The zero-order chi connectivity index (χ0) is 11.0. The Hall–Kier alpha value is 0.270. The Morgan fingerprint density at radius 2 is 1.13 bits per heavy atom. The zero-order valence-electron chi connectivity index (χ0n) is 8.97. The Kier molecular flexibility index (Phi) is 12.7. The van der Waals surface area contributed by atoms with Gasteiger partial charge < -0.3 is 0 Å². The van der Waals surface area contributed by atoms with Crippen LogP contribution in [-0.4, -0.2) is 55.1 Å². The summed E-state index contributed by atoms with van der Waals surface area (Å²) in [5.74, 6) is -1.84. The average molecular weight is 240 g/mol. The standard InChI is InChI=1S/C11H18O3.Ca.2H/c1-3-5-7-9(12)11(14)10(13)8-6-4-2;;;/h3-8H2,1-2H3;;;. The van der Waals surface area contributed by atoms with Crippen LogP contribution in [0, 0.1) is 0 Å². The Labute approximate surface area is 121 Å². The number of hydrogen-bond acceptors (Lipinski definition) is 3. The number of Topliss-reactive ketones (excluding diaryl/α,β-unsaturated/α-hetero) is 3. The van der Waals surface area contributed by atoms with Gasteiger partial charge in [-0.1, -0.05) is 26.7 Å². The first-order chi connectivity index (χ1) is 6.63. The molecule has 0 heterocycles. The molecule has 0 amide bonds. The van der Waals surface area contributed by atoms with E-state index < -0.39 is 17.3 Å². The van der Waals surface area contributed by atoms with Crippen LogP contribution in [0.15, 0.2) is 0 Å². The van der Waals surface area contributed by atoms with Crippen molar-refractivity contribution in [2.24, 2.45) is 0 Å². The van der Waals surface area contributed by atoms with Gasteiger partial charge in [-0.3, -0.25) is 14.4 Å². The minimum atomic E-state index is -0.799. The van der Waals surface area contributed by atoms with Crippen molar-refractivity contribution in [1.82, 2.24) is 0 Å². The van der Waals surface area contributed by atoms with Gasteiger partial charge in [0, 0.05) is 12.8 Å². The van der Waals surface area contributed by atoms with Crippen molar-refractivity contribution < 1.29 is 14.4 Å². The van der Waals surface area contributed by atoms with Crippen molar-refractivity contribution in [3.63, 3.8) is 0 Å². The minimum absolute atomic E-state index is 0. The maximum atomic E-state index is 11.2. The molecule has 0 aromatic heterocycles. The Bertz CT molecular complexity index is 202. The van der Waals surface area contributed by atoms with Crippen LogP contribution in [0.3, 0.4) is 0 Å². The van der Waals surface area contributed by atoms with Gasteiger partial charge in [-0.05, 0) is 12.8 Å². The Balaban J connectivity index is 0. The molecule has 0 unspecified atom stereocenters. The van der Waals surface area contributed by atoms with Crippen molar-refractivity contribution >= 4 is 55.1 Å². The third kappa shape index (κ3) is 8.12. The van der Waals surface area contributed by atoms with Crippen LogP contribution in [-0.2, 0) is 14.4 Å². The number of ketones is 3. The molecule has 0 aliphatic carbocycles. The van der Waals surface area contributed by atoms with Crippen molar-refractivity contribution in [1.29, 1.82) is 0 Å².